The van der Waals surface area contributed by atoms with Gasteiger partial charge in [0.1, 0.15) is 16.5 Å². The van der Waals surface area contributed by atoms with Gasteiger partial charge in [0.05, 0.1) is 7.11 Å². The molecule has 2 heterocycles. The number of hydrogen-bond donors (Lipinski definition) is 1. The molecule has 1 aromatic heterocycles. The van der Waals surface area contributed by atoms with E-state index in [0.717, 1.165) is 17.8 Å². The van der Waals surface area contributed by atoms with Gasteiger partial charge in [-0.2, -0.15) is 5.10 Å². The molecule has 8 nitrogen and oxygen atoms in total. The zero-order valence-electron chi connectivity index (χ0n) is 15.9. The molecule has 0 saturated heterocycles. The standard InChI is InChI=1S/C18H26N4O4S/c1-4-10-22-18(23)21-11-9-14(6-8-17(21)19-22)20-27(24,25)16-12-13(2)5-7-15(16)26-3/h5,7,12,14,20H,4,6,8-11H2,1-3H3. The molecule has 0 fully saturated rings. The minimum absolute atomic E-state index is 0.115. The third-order valence-corrected chi connectivity index (χ3v) is 6.32. The highest BCUT2D eigenvalue weighted by Crippen LogP contribution is 2.25. The lowest BCUT2D eigenvalue weighted by Crippen LogP contribution is -2.36. The van der Waals surface area contributed by atoms with E-state index in [1.165, 1.54) is 11.8 Å². The van der Waals surface area contributed by atoms with Gasteiger partial charge in [-0.25, -0.2) is 22.6 Å². The van der Waals surface area contributed by atoms with Crippen LogP contribution in [0.25, 0.3) is 0 Å². The predicted molar refractivity (Wildman–Crippen MR) is 102 cm³/mol. The van der Waals surface area contributed by atoms with E-state index in [1.54, 1.807) is 16.7 Å². The second-order valence-electron chi connectivity index (χ2n) is 6.87. The van der Waals surface area contributed by atoms with Crippen LogP contribution in [0.3, 0.4) is 0 Å². The fourth-order valence-corrected chi connectivity index (χ4v) is 4.94. The zero-order chi connectivity index (χ0) is 19.6. The highest BCUT2D eigenvalue weighted by molar-refractivity contribution is 7.89. The van der Waals surface area contributed by atoms with Crippen molar-refractivity contribution in [1.29, 1.82) is 0 Å². The molecule has 1 aliphatic heterocycles. The Hall–Kier alpha value is -2.13. The van der Waals surface area contributed by atoms with Gasteiger partial charge in [-0.05, 0) is 43.9 Å². The zero-order valence-corrected chi connectivity index (χ0v) is 16.8. The van der Waals surface area contributed by atoms with E-state index in [-0.39, 0.29) is 16.6 Å². The molecule has 148 valence electrons. The SMILES string of the molecule is CCCn1nc2n(c1=O)CCC(NS(=O)(=O)c1cc(C)ccc1OC)CC2. The largest absolute Gasteiger partial charge is 0.495 e. The quantitative estimate of drug-likeness (QED) is 0.800. The first-order valence-electron chi connectivity index (χ1n) is 9.19. The minimum atomic E-state index is -3.73. The Bertz CT molecular complexity index is 978. The number of benzene rings is 1. The Balaban J connectivity index is 1.78. The molecule has 27 heavy (non-hydrogen) atoms. The fourth-order valence-electron chi connectivity index (χ4n) is 3.38. The molecule has 1 aliphatic rings. The number of methoxy groups -OCH3 is 1. The molecular weight excluding hydrogens is 368 g/mol. The average Bonchev–Trinajstić information content (AvgIpc) is 2.79. The van der Waals surface area contributed by atoms with Crippen molar-refractivity contribution in [2.75, 3.05) is 7.11 Å². The molecule has 0 amide bonds. The number of ether oxygens (including phenoxy) is 1. The first-order chi connectivity index (χ1) is 12.9. The van der Waals surface area contributed by atoms with Crippen LogP contribution in [-0.4, -0.2) is 35.9 Å². The van der Waals surface area contributed by atoms with Crippen LogP contribution in [0.2, 0.25) is 0 Å². The molecule has 1 unspecified atom stereocenters. The molecule has 3 rings (SSSR count). The Morgan fingerprint density at radius 3 is 2.81 bits per heavy atom. The molecule has 2 aromatic rings. The van der Waals surface area contributed by atoms with Crippen LogP contribution < -0.4 is 15.1 Å². The molecule has 0 spiro atoms. The third kappa shape index (κ3) is 4.08. The molecule has 9 heteroatoms. The van der Waals surface area contributed by atoms with E-state index in [1.807, 2.05) is 19.9 Å². The van der Waals surface area contributed by atoms with E-state index in [9.17, 15) is 13.2 Å². The number of nitrogens with one attached hydrogen (secondary N) is 1. The Morgan fingerprint density at radius 1 is 1.33 bits per heavy atom. The summed E-state index contributed by atoms with van der Waals surface area (Å²) < 4.78 is 36.9. The summed E-state index contributed by atoms with van der Waals surface area (Å²) in [7, 11) is -2.27. The van der Waals surface area contributed by atoms with Crippen molar-refractivity contribution in [1.82, 2.24) is 19.1 Å². The van der Waals surface area contributed by atoms with Gasteiger partial charge >= 0.3 is 5.69 Å². The van der Waals surface area contributed by atoms with Gasteiger partial charge < -0.3 is 4.74 Å². The Labute approximate surface area is 159 Å². The maximum Gasteiger partial charge on any atom is 0.345 e. The van der Waals surface area contributed by atoms with E-state index >= 15 is 0 Å². The van der Waals surface area contributed by atoms with Gasteiger partial charge in [0.25, 0.3) is 0 Å². The number of aryl methyl sites for hydroxylation is 3. The molecule has 0 aliphatic carbocycles. The van der Waals surface area contributed by atoms with Gasteiger partial charge in [-0.1, -0.05) is 13.0 Å². The number of fused-ring (bicyclic) bond motifs is 1. The second kappa shape index (κ2) is 7.85. The lowest BCUT2D eigenvalue weighted by Gasteiger charge is -2.18. The Kier molecular flexibility index (Phi) is 5.71. The van der Waals surface area contributed by atoms with Gasteiger partial charge in [-0.3, -0.25) is 4.57 Å². The summed E-state index contributed by atoms with van der Waals surface area (Å²) in [4.78, 5) is 12.5. The van der Waals surface area contributed by atoms with E-state index in [4.69, 9.17) is 4.74 Å². The van der Waals surface area contributed by atoms with E-state index < -0.39 is 10.0 Å². The van der Waals surface area contributed by atoms with Crippen molar-refractivity contribution in [2.45, 2.75) is 63.6 Å². The molecule has 0 bridgehead atoms. The van der Waals surface area contributed by atoms with Gasteiger partial charge in [0.2, 0.25) is 10.0 Å². The highest BCUT2D eigenvalue weighted by Gasteiger charge is 2.27. The monoisotopic (exact) mass is 394 g/mol. The number of aromatic nitrogens is 3. The molecule has 1 N–H and O–H groups in total. The van der Waals surface area contributed by atoms with Gasteiger partial charge in [0.15, 0.2) is 0 Å². The summed E-state index contributed by atoms with van der Waals surface area (Å²) in [5.41, 5.74) is 0.726. The van der Waals surface area contributed by atoms with E-state index in [2.05, 4.69) is 9.82 Å². The van der Waals surface area contributed by atoms with Crippen LogP contribution in [0.15, 0.2) is 27.9 Å². The van der Waals surface area contributed by atoms with Crippen LogP contribution in [0.4, 0.5) is 0 Å². The highest BCUT2D eigenvalue weighted by atomic mass is 32.2. The number of nitrogens with zero attached hydrogens (tertiary/aromatic N) is 3. The van der Waals surface area contributed by atoms with Gasteiger partial charge in [-0.15, -0.1) is 0 Å². The number of hydrogen-bond acceptors (Lipinski definition) is 5. The van der Waals surface area contributed by atoms with Crippen molar-refractivity contribution in [3.8, 4) is 5.75 Å². The summed E-state index contributed by atoms with van der Waals surface area (Å²) in [6, 6.07) is 4.81. The van der Waals surface area contributed by atoms with Crippen molar-refractivity contribution in [2.24, 2.45) is 0 Å². The molecule has 0 saturated carbocycles. The number of rotatable bonds is 6. The van der Waals surface area contributed by atoms with Crippen molar-refractivity contribution >= 4 is 10.0 Å². The van der Waals surface area contributed by atoms with Crippen LogP contribution in [0, 0.1) is 6.92 Å². The third-order valence-electron chi connectivity index (χ3n) is 4.78. The van der Waals surface area contributed by atoms with E-state index in [0.29, 0.717) is 38.1 Å². The fraction of sp³-hybridized carbons (Fsp3) is 0.556. The van der Waals surface area contributed by atoms with Crippen LogP contribution >= 0.6 is 0 Å². The smallest absolute Gasteiger partial charge is 0.345 e. The summed E-state index contributed by atoms with van der Waals surface area (Å²) in [6.45, 7) is 4.89. The minimum Gasteiger partial charge on any atom is -0.495 e. The Morgan fingerprint density at radius 2 is 2.11 bits per heavy atom. The molecule has 1 aromatic carbocycles. The van der Waals surface area contributed by atoms with Crippen LogP contribution in [-0.2, 0) is 29.5 Å². The maximum absolute atomic E-state index is 12.9. The van der Waals surface area contributed by atoms with Crippen molar-refractivity contribution < 1.29 is 13.2 Å². The summed E-state index contributed by atoms with van der Waals surface area (Å²) >= 11 is 0. The first kappa shape index (κ1) is 19.6. The van der Waals surface area contributed by atoms with Gasteiger partial charge in [0, 0.05) is 25.6 Å². The lowest BCUT2D eigenvalue weighted by molar-refractivity contribution is 0.401. The van der Waals surface area contributed by atoms with Crippen LogP contribution in [0.1, 0.15) is 37.6 Å². The lowest BCUT2D eigenvalue weighted by atomic mass is 10.1. The van der Waals surface area contributed by atoms with Crippen molar-refractivity contribution in [3.05, 3.63) is 40.1 Å². The predicted octanol–water partition coefficient (Wildman–Crippen LogP) is 1.46. The maximum atomic E-state index is 12.9. The normalized spacial score (nSPS) is 17.4. The molecule has 1 atom stereocenters. The van der Waals surface area contributed by atoms with Crippen molar-refractivity contribution in [3.63, 3.8) is 0 Å². The topological polar surface area (TPSA) is 95.2 Å². The van der Waals surface area contributed by atoms with Crippen LogP contribution in [0.5, 0.6) is 5.75 Å². The first-order valence-corrected chi connectivity index (χ1v) is 10.7. The molecular formula is C18H26N4O4S. The summed E-state index contributed by atoms with van der Waals surface area (Å²) in [5.74, 6) is 1.04. The summed E-state index contributed by atoms with van der Waals surface area (Å²) in [5, 5.41) is 4.40. The second-order valence-corrected chi connectivity index (χ2v) is 8.56. The summed E-state index contributed by atoms with van der Waals surface area (Å²) in [6.07, 6.45) is 2.54. The number of sulfonamides is 1. The average molecular weight is 394 g/mol. The molecule has 0 radical (unpaired) electrons.